The molecule has 0 saturated heterocycles. The smallest absolute Gasteiger partial charge is 0.0662 e. The Bertz CT molecular complexity index is 335. The molecule has 1 rings (SSSR count). The Morgan fingerprint density at radius 1 is 1.36 bits per heavy atom. The monoisotopic (exact) mass is 187 g/mol. The first-order valence-electron chi connectivity index (χ1n) is 4.92. The van der Waals surface area contributed by atoms with Gasteiger partial charge < -0.3 is 0 Å². The number of rotatable bonds is 3. The first-order chi connectivity index (χ1) is 6.63. The van der Waals surface area contributed by atoms with Crippen molar-refractivity contribution in [3.63, 3.8) is 0 Å². The number of hydrogen-bond donors (Lipinski definition) is 1. The first-order valence-corrected chi connectivity index (χ1v) is 4.92. The van der Waals surface area contributed by atoms with Crippen LogP contribution in [0.2, 0.25) is 0 Å². The average Bonchev–Trinajstić information content (AvgIpc) is 2.17. The summed E-state index contributed by atoms with van der Waals surface area (Å²) < 4.78 is 0. The topological polar surface area (TPSA) is 12.0 Å². The van der Waals surface area contributed by atoms with Gasteiger partial charge in [0, 0.05) is 6.04 Å². The summed E-state index contributed by atoms with van der Waals surface area (Å²) in [5, 5.41) is 3.34. The quantitative estimate of drug-likeness (QED) is 0.717. The zero-order valence-corrected chi connectivity index (χ0v) is 9.04. The Labute approximate surface area is 86.5 Å². The maximum atomic E-state index is 5.32. The second kappa shape index (κ2) is 4.83. The van der Waals surface area contributed by atoms with E-state index in [-0.39, 0.29) is 6.04 Å². The van der Waals surface area contributed by atoms with Crippen LogP contribution in [0.1, 0.15) is 31.0 Å². The lowest BCUT2D eigenvalue weighted by molar-refractivity contribution is 0.546. The van der Waals surface area contributed by atoms with Crippen LogP contribution >= 0.6 is 0 Å². The molecule has 0 heterocycles. The summed E-state index contributed by atoms with van der Waals surface area (Å²) >= 11 is 0. The van der Waals surface area contributed by atoms with Gasteiger partial charge in [-0.15, -0.1) is 6.42 Å². The number of aryl methyl sites for hydroxylation is 1. The van der Waals surface area contributed by atoms with Crippen molar-refractivity contribution in [2.75, 3.05) is 0 Å². The van der Waals surface area contributed by atoms with Gasteiger partial charge in [-0.3, -0.25) is 5.32 Å². The number of terminal acetylenes is 1. The molecule has 0 fully saturated rings. The van der Waals surface area contributed by atoms with Crippen LogP contribution < -0.4 is 5.32 Å². The minimum atomic E-state index is 0.116. The summed E-state index contributed by atoms with van der Waals surface area (Å²) in [6.07, 6.45) is 5.32. The Morgan fingerprint density at radius 3 is 2.64 bits per heavy atom. The van der Waals surface area contributed by atoms with Crippen LogP contribution in [-0.2, 0) is 0 Å². The predicted octanol–water partition coefficient (Wildman–Crippen LogP) is 2.67. The van der Waals surface area contributed by atoms with Crippen molar-refractivity contribution in [2.24, 2.45) is 0 Å². The van der Waals surface area contributed by atoms with E-state index in [0.29, 0.717) is 6.04 Å². The Kier molecular flexibility index (Phi) is 3.73. The summed E-state index contributed by atoms with van der Waals surface area (Å²) in [5.41, 5.74) is 2.57. The molecule has 0 aromatic heterocycles. The van der Waals surface area contributed by atoms with Crippen molar-refractivity contribution in [1.29, 1.82) is 0 Å². The lowest BCUT2D eigenvalue weighted by Crippen LogP contribution is -2.27. The van der Waals surface area contributed by atoms with Crippen molar-refractivity contribution in [3.05, 3.63) is 35.4 Å². The molecule has 0 saturated carbocycles. The highest BCUT2D eigenvalue weighted by Gasteiger charge is 2.06. The standard InChI is InChI=1S/C13H17N/c1-5-11(3)14-12(4)13-8-6-7-10(2)9-13/h1,6-9,11-12,14H,2-4H3/t11?,12-/m0/s1. The second-order valence-corrected chi connectivity index (χ2v) is 3.69. The second-order valence-electron chi connectivity index (χ2n) is 3.69. The molecule has 0 spiro atoms. The zero-order valence-electron chi connectivity index (χ0n) is 9.04. The van der Waals surface area contributed by atoms with Gasteiger partial charge in [0.1, 0.15) is 0 Å². The fraction of sp³-hybridized carbons (Fsp3) is 0.385. The van der Waals surface area contributed by atoms with E-state index >= 15 is 0 Å². The lowest BCUT2D eigenvalue weighted by Gasteiger charge is -2.16. The Balaban J connectivity index is 2.70. The Morgan fingerprint density at radius 2 is 2.07 bits per heavy atom. The molecule has 0 aliphatic carbocycles. The third-order valence-electron chi connectivity index (χ3n) is 2.29. The molecule has 0 aliphatic rings. The third kappa shape index (κ3) is 2.90. The molecule has 14 heavy (non-hydrogen) atoms. The average molecular weight is 187 g/mol. The SMILES string of the molecule is C#CC(C)N[C@@H](C)c1cccc(C)c1. The molecular weight excluding hydrogens is 170 g/mol. The van der Waals surface area contributed by atoms with Gasteiger partial charge in [0.2, 0.25) is 0 Å². The first kappa shape index (κ1) is 10.8. The summed E-state index contributed by atoms with van der Waals surface area (Å²) in [7, 11) is 0. The van der Waals surface area contributed by atoms with E-state index in [1.165, 1.54) is 11.1 Å². The van der Waals surface area contributed by atoms with Crippen molar-refractivity contribution < 1.29 is 0 Å². The van der Waals surface area contributed by atoms with Crippen LogP contribution in [0.5, 0.6) is 0 Å². The van der Waals surface area contributed by atoms with Crippen LogP contribution in [0.3, 0.4) is 0 Å². The molecule has 0 bridgehead atoms. The Hall–Kier alpha value is -1.26. The highest BCUT2D eigenvalue weighted by molar-refractivity contribution is 5.25. The van der Waals surface area contributed by atoms with E-state index in [4.69, 9.17) is 6.42 Å². The molecule has 1 nitrogen and oxygen atoms in total. The molecule has 74 valence electrons. The van der Waals surface area contributed by atoms with Crippen molar-refractivity contribution in [1.82, 2.24) is 5.32 Å². The summed E-state index contributed by atoms with van der Waals surface area (Å²) in [5.74, 6) is 2.67. The van der Waals surface area contributed by atoms with Gasteiger partial charge in [-0.2, -0.15) is 0 Å². The van der Waals surface area contributed by atoms with Crippen LogP contribution in [0.25, 0.3) is 0 Å². The minimum Gasteiger partial charge on any atom is -0.297 e. The van der Waals surface area contributed by atoms with E-state index in [1.54, 1.807) is 0 Å². The fourth-order valence-electron chi connectivity index (χ4n) is 1.46. The normalized spacial score (nSPS) is 14.4. The minimum absolute atomic E-state index is 0.116. The molecule has 1 heteroatoms. The van der Waals surface area contributed by atoms with E-state index < -0.39 is 0 Å². The third-order valence-corrected chi connectivity index (χ3v) is 2.29. The predicted molar refractivity (Wildman–Crippen MR) is 61.0 cm³/mol. The summed E-state index contributed by atoms with van der Waals surface area (Å²) in [6, 6.07) is 8.89. The highest BCUT2D eigenvalue weighted by atomic mass is 14.9. The van der Waals surface area contributed by atoms with Gasteiger partial charge in [0.15, 0.2) is 0 Å². The van der Waals surface area contributed by atoms with Crippen molar-refractivity contribution in [3.8, 4) is 12.3 Å². The molecule has 0 aliphatic heterocycles. The zero-order chi connectivity index (χ0) is 10.6. The molecular formula is C13H17N. The molecule has 1 unspecified atom stereocenters. The summed E-state index contributed by atoms with van der Waals surface area (Å²) in [4.78, 5) is 0. The molecule has 1 aromatic rings. The number of nitrogens with one attached hydrogen (secondary N) is 1. The van der Waals surface area contributed by atoms with Crippen LogP contribution in [0, 0.1) is 19.3 Å². The van der Waals surface area contributed by atoms with Crippen LogP contribution in [0.15, 0.2) is 24.3 Å². The lowest BCUT2D eigenvalue weighted by atomic mass is 10.1. The van der Waals surface area contributed by atoms with Gasteiger partial charge in [0.25, 0.3) is 0 Å². The highest BCUT2D eigenvalue weighted by Crippen LogP contribution is 2.13. The maximum Gasteiger partial charge on any atom is 0.0662 e. The number of benzene rings is 1. The van der Waals surface area contributed by atoms with E-state index in [0.717, 1.165) is 0 Å². The molecule has 1 aromatic carbocycles. The van der Waals surface area contributed by atoms with E-state index in [1.807, 2.05) is 6.92 Å². The van der Waals surface area contributed by atoms with Crippen LogP contribution in [-0.4, -0.2) is 6.04 Å². The van der Waals surface area contributed by atoms with E-state index in [2.05, 4.69) is 49.4 Å². The maximum absolute atomic E-state index is 5.32. The summed E-state index contributed by atoms with van der Waals surface area (Å²) in [6.45, 7) is 6.22. The number of hydrogen-bond acceptors (Lipinski definition) is 1. The van der Waals surface area contributed by atoms with Gasteiger partial charge in [0.05, 0.1) is 6.04 Å². The fourth-order valence-corrected chi connectivity index (χ4v) is 1.46. The molecule has 2 atom stereocenters. The van der Waals surface area contributed by atoms with Gasteiger partial charge in [-0.05, 0) is 26.3 Å². The van der Waals surface area contributed by atoms with Gasteiger partial charge in [-0.1, -0.05) is 35.7 Å². The molecule has 0 radical (unpaired) electrons. The van der Waals surface area contributed by atoms with E-state index in [9.17, 15) is 0 Å². The van der Waals surface area contributed by atoms with Gasteiger partial charge >= 0.3 is 0 Å². The largest absolute Gasteiger partial charge is 0.297 e. The molecule has 0 amide bonds. The van der Waals surface area contributed by atoms with Gasteiger partial charge in [-0.25, -0.2) is 0 Å². The van der Waals surface area contributed by atoms with Crippen molar-refractivity contribution >= 4 is 0 Å². The van der Waals surface area contributed by atoms with Crippen molar-refractivity contribution in [2.45, 2.75) is 32.9 Å². The van der Waals surface area contributed by atoms with Crippen LogP contribution in [0.4, 0.5) is 0 Å². The molecule has 1 N–H and O–H groups in total.